The maximum Gasteiger partial charge on any atom is 0.261 e. The van der Waals surface area contributed by atoms with Crippen LogP contribution in [0.2, 0.25) is 0 Å². The Hall–Kier alpha value is -3.15. The molecule has 0 amide bonds. The first-order chi connectivity index (χ1) is 17.7. The van der Waals surface area contributed by atoms with E-state index in [9.17, 15) is 4.79 Å². The number of pyridine rings is 1. The van der Waals surface area contributed by atoms with E-state index in [0.717, 1.165) is 62.8 Å². The second kappa shape index (κ2) is 10.5. The van der Waals surface area contributed by atoms with E-state index in [-0.39, 0.29) is 5.56 Å². The Morgan fingerprint density at radius 1 is 1.00 bits per heavy atom. The molecule has 2 aliphatic heterocycles. The van der Waals surface area contributed by atoms with Crippen LogP contribution in [0, 0.1) is 0 Å². The molecule has 0 spiro atoms. The third kappa shape index (κ3) is 4.91. The minimum atomic E-state index is -0.0548. The normalized spacial score (nSPS) is 16.4. The summed E-state index contributed by atoms with van der Waals surface area (Å²) < 4.78 is 20.3. The molecule has 3 aromatic heterocycles. The minimum absolute atomic E-state index is 0.0548. The highest BCUT2D eigenvalue weighted by molar-refractivity contribution is 7.98. The summed E-state index contributed by atoms with van der Waals surface area (Å²) in [6, 6.07) is 7.92. The van der Waals surface area contributed by atoms with Gasteiger partial charge in [0.05, 0.1) is 37.3 Å². The number of fused-ring (bicyclic) bond motifs is 4. The van der Waals surface area contributed by atoms with E-state index < -0.39 is 0 Å². The van der Waals surface area contributed by atoms with Crippen LogP contribution < -0.4 is 15.0 Å². The Labute approximate surface area is 212 Å². The van der Waals surface area contributed by atoms with E-state index in [0.29, 0.717) is 47.3 Å². The van der Waals surface area contributed by atoms with Crippen LogP contribution >= 0.6 is 11.8 Å². The zero-order valence-corrected chi connectivity index (χ0v) is 20.8. The first-order valence-electron chi connectivity index (χ1n) is 12.3. The van der Waals surface area contributed by atoms with Crippen molar-refractivity contribution in [1.82, 2.24) is 29.0 Å². The summed E-state index contributed by atoms with van der Waals surface area (Å²) in [4.78, 5) is 24.5. The van der Waals surface area contributed by atoms with Crippen LogP contribution in [-0.2, 0) is 17.0 Å². The van der Waals surface area contributed by atoms with Gasteiger partial charge in [-0.3, -0.25) is 9.69 Å². The fourth-order valence-corrected chi connectivity index (χ4v) is 5.27. The first-order valence-corrected chi connectivity index (χ1v) is 13.3. The van der Waals surface area contributed by atoms with Crippen molar-refractivity contribution in [3.8, 4) is 11.5 Å². The summed E-state index contributed by atoms with van der Waals surface area (Å²) in [6.07, 6.45) is 5.24. The summed E-state index contributed by atoms with van der Waals surface area (Å²) in [5.74, 6) is 2.73. The summed E-state index contributed by atoms with van der Waals surface area (Å²) in [5.41, 5.74) is 1.76. The molecule has 0 radical (unpaired) electrons. The van der Waals surface area contributed by atoms with Crippen LogP contribution in [-0.4, -0.2) is 75.1 Å². The van der Waals surface area contributed by atoms with Crippen LogP contribution in [0.15, 0.2) is 46.6 Å². The molecule has 1 saturated heterocycles. The van der Waals surface area contributed by atoms with Crippen LogP contribution in [0.4, 0.5) is 0 Å². The predicted octanol–water partition coefficient (Wildman–Crippen LogP) is 2.62. The van der Waals surface area contributed by atoms with Crippen molar-refractivity contribution >= 4 is 28.4 Å². The van der Waals surface area contributed by atoms with Gasteiger partial charge in [0.1, 0.15) is 0 Å². The molecule has 1 aromatic carbocycles. The molecule has 0 bridgehead atoms. The van der Waals surface area contributed by atoms with Crippen molar-refractivity contribution in [2.45, 2.75) is 30.3 Å². The maximum absolute atomic E-state index is 13.1. The smallest absolute Gasteiger partial charge is 0.261 e. The number of morpholine rings is 1. The van der Waals surface area contributed by atoms with Gasteiger partial charge < -0.3 is 18.8 Å². The number of benzene rings is 1. The Balaban J connectivity index is 1.16. The number of nitrogens with zero attached hydrogens (tertiary/aromatic N) is 6. The molecule has 10 nitrogen and oxygen atoms in total. The Morgan fingerprint density at radius 2 is 1.86 bits per heavy atom. The minimum Gasteiger partial charge on any atom is -0.490 e. The van der Waals surface area contributed by atoms with Crippen LogP contribution in [0.1, 0.15) is 18.4 Å². The van der Waals surface area contributed by atoms with Gasteiger partial charge in [-0.05, 0) is 30.2 Å². The molecule has 4 aromatic rings. The standard InChI is InChI=1S/C25H28N6O4S/c32-23-19-16-26-24-27-25(36-17-18-3-4-21-22(15-18)35-12-2-11-34-21)28-31(24)20(19)5-8-30(23)7-1-6-29-9-13-33-14-10-29/h3-5,8,15-16H,1-2,6-7,9-14,17H2. The number of aryl methyl sites for hydroxylation is 1. The van der Waals surface area contributed by atoms with E-state index in [2.05, 4.69) is 20.0 Å². The zero-order chi connectivity index (χ0) is 24.3. The summed E-state index contributed by atoms with van der Waals surface area (Å²) in [5, 5.41) is 5.79. The van der Waals surface area contributed by atoms with E-state index in [4.69, 9.17) is 14.2 Å². The second-order valence-corrected chi connectivity index (χ2v) is 9.85. The van der Waals surface area contributed by atoms with Crippen molar-refractivity contribution in [1.29, 1.82) is 0 Å². The number of ether oxygens (including phenoxy) is 3. The summed E-state index contributed by atoms with van der Waals surface area (Å²) in [7, 11) is 0. The Kier molecular flexibility index (Phi) is 6.75. The fraction of sp³-hybridized carbons (Fsp3) is 0.440. The predicted molar refractivity (Wildman–Crippen MR) is 136 cm³/mol. The van der Waals surface area contributed by atoms with Crippen molar-refractivity contribution < 1.29 is 14.2 Å². The zero-order valence-electron chi connectivity index (χ0n) is 20.0. The lowest BCUT2D eigenvalue weighted by atomic mass is 10.2. The van der Waals surface area contributed by atoms with Crippen molar-refractivity contribution in [2.75, 3.05) is 46.1 Å². The maximum atomic E-state index is 13.1. The van der Waals surface area contributed by atoms with E-state index in [1.54, 1.807) is 15.3 Å². The van der Waals surface area contributed by atoms with Crippen LogP contribution in [0.25, 0.3) is 16.7 Å². The lowest BCUT2D eigenvalue weighted by Gasteiger charge is -2.26. The molecule has 2 aliphatic rings. The molecule has 188 valence electrons. The highest BCUT2D eigenvalue weighted by Gasteiger charge is 2.15. The quantitative estimate of drug-likeness (QED) is 0.349. The molecule has 0 atom stereocenters. The molecule has 0 unspecified atom stereocenters. The number of hydrogen-bond donors (Lipinski definition) is 0. The van der Waals surface area contributed by atoms with Gasteiger partial charge in [0.15, 0.2) is 11.5 Å². The van der Waals surface area contributed by atoms with Gasteiger partial charge in [0.2, 0.25) is 5.16 Å². The van der Waals surface area contributed by atoms with Crippen molar-refractivity contribution in [3.63, 3.8) is 0 Å². The van der Waals surface area contributed by atoms with Gasteiger partial charge >= 0.3 is 0 Å². The topological polar surface area (TPSA) is 96.0 Å². The van der Waals surface area contributed by atoms with Gasteiger partial charge in [-0.15, -0.1) is 5.10 Å². The van der Waals surface area contributed by atoms with E-state index in [1.165, 1.54) is 11.8 Å². The van der Waals surface area contributed by atoms with Gasteiger partial charge in [0, 0.05) is 50.7 Å². The molecule has 5 heterocycles. The average molecular weight is 509 g/mol. The van der Waals surface area contributed by atoms with Gasteiger partial charge in [-0.2, -0.15) is 9.50 Å². The van der Waals surface area contributed by atoms with Gasteiger partial charge in [0.25, 0.3) is 11.3 Å². The summed E-state index contributed by atoms with van der Waals surface area (Å²) in [6.45, 7) is 6.43. The van der Waals surface area contributed by atoms with E-state index >= 15 is 0 Å². The SMILES string of the molecule is O=c1c2cnc3nc(SCc4ccc5c(c4)OCCCO5)nn3c2ccn1CCCN1CCOCC1. The number of rotatable bonds is 7. The lowest BCUT2D eigenvalue weighted by molar-refractivity contribution is 0.0369. The lowest BCUT2D eigenvalue weighted by Crippen LogP contribution is -2.37. The Morgan fingerprint density at radius 3 is 2.75 bits per heavy atom. The summed E-state index contributed by atoms with van der Waals surface area (Å²) >= 11 is 1.52. The molecule has 1 fully saturated rings. The highest BCUT2D eigenvalue weighted by Crippen LogP contribution is 2.32. The third-order valence-electron chi connectivity index (χ3n) is 6.44. The number of aromatic nitrogens is 5. The Bertz CT molecular complexity index is 1430. The second-order valence-electron chi connectivity index (χ2n) is 8.91. The van der Waals surface area contributed by atoms with Crippen molar-refractivity contribution in [3.05, 3.63) is 52.6 Å². The number of hydrogen-bond acceptors (Lipinski definition) is 9. The molecule has 0 saturated carbocycles. The van der Waals surface area contributed by atoms with E-state index in [1.807, 2.05) is 30.5 Å². The highest BCUT2D eigenvalue weighted by atomic mass is 32.2. The molecule has 0 N–H and O–H groups in total. The molecular formula is C25H28N6O4S. The monoisotopic (exact) mass is 508 g/mol. The molecule has 36 heavy (non-hydrogen) atoms. The molecule has 6 rings (SSSR count). The first kappa shape index (κ1) is 23.3. The number of thioether (sulfide) groups is 1. The molecular weight excluding hydrogens is 480 g/mol. The third-order valence-corrected chi connectivity index (χ3v) is 7.35. The van der Waals surface area contributed by atoms with Gasteiger partial charge in [-0.1, -0.05) is 17.8 Å². The van der Waals surface area contributed by atoms with Gasteiger partial charge in [-0.25, -0.2) is 4.98 Å². The van der Waals surface area contributed by atoms with Crippen LogP contribution in [0.3, 0.4) is 0 Å². The molecule has 11 heteroatoms. The fourth-order valence-electron chi connectivity index (χ4n) is 4.51. The van der Waals surface area contributed by atoms with Crippen molar-refractivity contribution in [2.24, 2.45) is 0 Å². The van der Waals surface area contributed by atoms with Crippen LogP contribution in [0.5, 0.6) is 11.5 Å². The average Bonchev–Trinajstić information content (AvgIpc) is 3.19. The largest absolute Gasteiger partial charge is 0.490 e. The molecule has 0 aliphatic carbocycles.